The minimum Gasteiger partial charge on any atom is -0.465 e. The summed E-state index contributed by atoms with van der Waals surface area (Å²) in [6.07, 6.45) is 0.762. The SMILES string of the molecule is CCOC(=O)CNC(=O)NCc1ccc(C2OC(CN3CCC(n4c(=O)[nH]c5ccccc54)CC3)C(C)C(c3ccc(CO)cc3)O2)cc1. The van der Waals surface area contributed by atoms with E-state index >= 15 is 0 Å². The van der Waals surface area contributed by atoms with Crippen LogP contribution in [-0.4, -0.2) is 70.4 Å². The molecule has 3 heterocycles. The van der Waals surface area contributed by atoms with Crippen LogP contribution in [0.3, 0.4) is 0 Å². The number of likely N-dealkylation sites (tertiary alicyclic amines) is 1. The van der Waals surface area contributed by atoms with Crippen molar-refractivity contribution in [1.29, 1.82) is 0 Å². The van der Waals surface area contributed by atoms with Crippen LogP contribution in [0.2, 0.25) is 0 Å². The standard InChI is InChI=1S/C37H45N5O7/c1-3-47-33(44)21-39-36(45)38-20-25-8-14-28(15-9-25)35-48-32(24(2)34(49-35)27-12-10-26(23-43)11-13-27)22-41-18-16-29(17-19-41)42-31-7-5-4-6-30(31)40-37(42)46/h4-15,24,29,32,34-35,43H,3,16-23H2,1-2H3,(H,40,46)(H2,38,39,45). The van der Waals surface area contributed by atoms with E-state index in [1.54, 1.807) is 6.92 Å². The van der Waals surface area contributed by atoms with Gasteiger partial charge in [-0.05, 0) is 48.6 Å². The Morgan fingerprint density at radius 1 is 0.939 bits per heavy atom. The van der Waals surface area contributed by atoms with E-state index in [1.165, 1.54) is 0 Å². The van der Waals surface area contributed by atoms with Crippen LogP contribution in [0.25, 0.3) is 11.0 Å². The molecule has 12 nitrogen and oxygen atoms in total. The molecular weight excluding hydrogens is 626 g/mol. The number of aromatic nitrogens is 2. The van der Waals surface area contributed by atoms with Gasteiger partial charge in [-0.3, -0.25) is 9.36 Å². The lowest BCUT2D eigenvalue weighted by molar-refractivity contribution is -0.276. The highest BCUT2D eigenvalue weighted by Crippen LogP contribution is 2.42. The number of carbonyl (C=O) groups is 2. The Balaban J connectivity index is 1.12. The first kappa shape index (κ1) is 34.4. The van der Waals surface area contributed by atoms with Crippen molar-refractivity contribution in [3.8, 4) is 0 Å². The highest BCUT2D eigenvalue weighted by Gasteiger charge is 2.39. The number of H-pyrrole nitrogens is 1. The number of imidazole rings is 1. The van der Waals surface area contributed by atoms with Crippen LogP contribution in [0.5, 0.6) is 0 Å². The van der Waals surface area contributed by atoms with Gasteiger partial charge in [0.15, 0.2) is 6.29 Å². The van der Waals surface area contributed by atoms with Gasteiger partial charge < -0.3 is 39.8 Å². The zero-order valence-corrected chi connectivity index (χ0v) is 28.0. The summed E-state index contributed by atoms with van der Waals surface area (Å²) in [6, 6.07) is 23.1. The zero-order chi connectivity index (χ0) is 34.3. The van der Waals surface area contributed by atoms with Crippen LogP contribution in [0.15, 0.2) is 77.6 Å². The topological polar surface area (TPSA) is 147 Å². The van der Waals surface area contributed by atoms with Gasteiger partial charge in [-0.25, -0.2) is 9.59 Å². The largest absolute Gasteiger partial charge is 0.465 e. The van der Waals surface area contributed by atoms with Crippen LogP contribution >= 0.6 is 0 Å². The third kappa shape index (κ3) is 8.22. The average Bonchev–Trinajstić information content (AvgIpc) is 3.47. The van der Waals surface area contributed by atoms with Crippen LogP contribution in [0.1, 0.15) is 67.4 Å². The molecule has 3 aromatic carbocycles. The Morgan fingerprint density at radius 3 is 2.35 bits per heavy atom. The summed E-state index contributed by atoms with van der Waals surface area (Å²) in [6.45, 7) is 6.61. The number of benzene rings is 3. The maximum atomic E-state index is 12.8. The molecule has 2 amide bonds. The normalized spacial score (nSPS) is 21.8. The number of fused-ring (bicyclic) bond motifs is 1. The summed E-state index contributed by atoms with van der Waals surface area (Å²) in [5, 5.41) is 14.8. The number of para-hydroxylation sites is 2. The Hall–Kier alpha value is -4.49. The van der Waals surface area contributed by atoms with Crippen molar-refractivity contribution in [1.82, 2.24) is 25.1 Å². The van der Waals surface area contributed by atoms with E-state index in [0.717, 1.165) is 65.8 Å². The number of nitrogens with one attached hydrogen (secondary N) is 3. The molecule has 0 saturated carbocycles. The minimum atomic E-state index is -0.610. The second kappa shape index (κ2) is 15.8. The minimum absolute atomic E-state index is 0.0232. The van der Waals surface area contributed by atoms with E-state index < -0.39 is 18.3 Å². The van der Waals surface area contributed by atoms with E-state index in [2.05, 4.69) is 27.4 Å². The molecule has 0 radical (unpaired) electrons. The maximum Gasteiger partial charge on any atom is 0.326 e. The summed E-state index contributed by atoms with van der Waals surface area (Å²) >= 11 is 0. The second-order valence-corrected chi connectivity index (χ2v) is 12.8. The number of aromatic amines is 1. The van der Waals surface area contributed by atoms with Gasteiger partial charge in [0.2, 0.25) is 0 Å². The van der Waals surface area contributed by atoms with Crippen molar-refractivity contribution in [2.45, 2.75) is 64.4 Å². The molecule has 49 heavy (non-hydrogen) atoms. The number of aliphatic hydroxyl groups is 1. The second-order valence-electron chi connectivity index (χ2n) is 12.8. The first-order valence-corrected chi connectivity index (χ1v) is 17.0. The summed E-state index contributed by atoms with van der Waals surface area (Å²) in [5.74, 6) is -0.446. The van der Waals surface area contributed by atoms with Crippen LogP contribution in [-0.2, 0) is 32.2 Å². The zero-order valence-electron chi connectivity index (χ0n) is 28.0. The van der Waals surface area contributed by atoms with Crippen LogP contribution in [0, 0.1) is 5.92 Å². The molecule has 260 valence electrons. The molecule has 2 aliphatic heterocycles. The summed E-state index contributed by atoms with van der Waals surface area (Å²) in [5.41, 5.74) is 5.36. The maximum absolute atomic E-state index is 12.8. The third-order valence-electron chi connectivity index (χ3n) is 9.51. The van der Waals surface area contributed by atoms with Gasteiger partial charge in [-0.15, -0.1) is 0 Å². The Morgan fingerprint density at radius 2 is 1.63 bits per heavy atom. The van der Waals surface area contributed by atoms with Crippen molar-refractivity contribution in [3.63, 3.8) is 0 Å². The lowest BCUT2D eigenvalue weighted by atomic mass is 9.89. The van der Waals surface area contributed by atoms with Gasteiger partial charge in [0.05, 0.1) is 36.5 Å². The van der Waals surface area contributed by atoms with Crippen molar-refractivity contribution < 1.29 is 28.9 Å². The van der Waals surface area contributed by atoms with E-state index in [-0.39, 0.29) is 56.2 Å². The van der Waals surface area contributed by atoms with E-state index in [4.69, 9.17) is 14.2 Å². The number of rotatable bonds is 11. The predicted octanol–water partition coefficient (Wildman–Crippen LogP) is 4.31. The molecule has 12 heteroatoms. The monoisotopic (exact) mass is 671 g/mol. The van der Waals surface area contributed by atoms with Gasteiger partial charge in [-0.2, -0.15) is 0 Å². The number of urea groups is 1. The molecule has 4 aromatic rings. The number of nitrogens with zero attached hydrogens (tertiary/aromatic N) is 2. The lowest BCUT2D eigenvalue weighted by Gasteiger charge is -2.44. The van der Waals surface area contributed by atoms with Crippen molar-refractivity contribution >= 4 is 23.0 Å². The third-order valence-corrected chi connectivity index (χ3v) is 9.51. The highest BCUT2D eigenvalue weighted by molar-refractivity contribution is 5.80. The molecule has 0 spiro atoms. The number of hydrogen-bond acceptors (Lipinski definition) is 8. The number of ether oxygens (including phenoxy) is 3. The van der Waals surface area contributed by atoms with Gasteiger partial charge in [0.1, 0.15) is 6.54 Å². The summed E-state index contributed by atoms with van der Waals surface area (Å²) in [4.78, 5) is 41.9. The molecule has 4 atom stereocenters. The molecule has 4 unspecified atom stereocenters. The molecule has 2 aliphatic rings. The van der Waals surface area contributed by atoms with Crippen molar-refractivity contribution in [2.75, 3.05) is 32.8 Å². The predicted molar refractivity (Wildman–Crippen MR) is 184 cm³/mol. The average molecular weight is 672 g/mol. The molecular formula is C37H45N5O7. The molecule has 0 aliphatic carbocycles. The Bertz CT molecular complexity index is 1760. The fraction of sp³-hybridized carbons (Fsp3) is 0.432. The number of esters is 1. The molecule has 1 aromatic heterocycles. The molecule has 0 bridgehead atoms. The number of amides is 2. The lowest BCUT2D eigenvalue weighted by Crippen LogP contribution is -2.47. The molecule has 2 fully saturated rings. The summed E-state index contributed by atoms with van der Waals surface area (Å²) < 4.78 is 20.1. The van der Waals surface area contributed by atoms with Gasteiger partial charge in [-0.1, -0.05) is 67.6 Å². The van der Waals surface area contributed by atoms with Crippen molar-refractivity contribution in [3.05, 3.63) is 106 Å². The molecule has 4 N–H and O–H groups in total. The highest BCUT2D eigenvalue weighted by atomic mass is 16.7. The smallest absolute Gasteiger partial charge is 0.326 e. The molecule has 6 rings (SSSR count). The fourth-order valence-electron chi connectivity index (χ4n) is 6.78. The number of aliphatic hydroxyl groups excluding tert-OH is 1. The first-order valence-electron chi connectivity index (χ1n) is 17.0. The van der Waals surface area contributed by atoms with Gasteiger partial charge >= 0.3 is 17.7 Å². The van der Waals surface area contributed by atoms with Crippen LogP contribution < -0.4 is 16.3 Å². The van der Waals surface area contributed by atoms with E-state index in [1.807, 2.05) is 77.4 Å². The van der Waals surface area contributed by atoms with E-state index in [0.29, 0.717) is 0 Å². The number of carbonyl (C=O) groups excluding carboxylic acids is 2. The van der Waals surface area contributed by atoms with Gasteiger partial charge in [0.25, 0.3) is 0 Å². The number of piperidine rings is 1. The summed E-state index contributed by atoms with van der Waals surface area (Å²) in [7, 11) is 0. The molecule has 2 saturated heterocycles. The fourth-order valence-corrected chi connectivity index (χ4v) is 6.78. The first-order chi connectivity index (χ1) is 23.8. The van der Waals surface area contributed by atoms with Crippen molar-refractivity contribution in [2.24, 2.45) is 5.92 Å². The quantitative estimate of drug-likeness (QED) is 0.173. The Labute approximate surface area is 285 Å². The van der Waals surface area contributed by atoms with Gasteiger partial charge in [0, 0.05) is 43.7 Å². The number of hydrogen-bond donors (Lipinski definition) is 4. The Kier molecular flexibility index (Phi) is 11.1. The van der Waals surface area contributed by atoms with E-state index in [9.17, 15) is 19.5 Å². The van der Waals surface area contributed by atoms with Crippen LogP contribution in [0.4, 0.5) is 4.79 Å².